The number of hydrogen-bond donors (Lipinski definition) is 0. The highest BCUT2D eigenvalue weighted by Gasteiger charge is 2.06. The number of ether oxygens (including phenoxy) is 1. The number of benzene rings is 1. The lowest BCUT2D eigenvalue weighted by atomic mass is 10.1. The average molecular weight is 300 g/mol. The summed E-state index contributed by atoms with van der Waals surface area (Å²) in [6.45, 7) is 0. The Kier molecular flexibility index (Phi) is 3.41. The molecule has 0 aliphatic carbocycles. The molecule has 1 aromatic carbocycles. The molecule has 3 nitrogen and oxygen atoms in total. The van der Waals surface area contributed by atoms with E-state index < -0.39 is 0 Å². The predicted molar refractivity (Wildman–Crippen MR) is 66.7 cm³/mol. The van der Waals surface area contributed by atoms with Gasteiger partial charge in [0.2, 0.25) is 0 Å². The highest BCUT2D eigenvalue weighted by atomic mass is 79.9. The van der Waals surface area contributed by atoms with Gasteiger partial charge in [-0.2, -0.15) is 0 Å². The molecule has 0 saturated carbocycles. The molecule has 0 radical (unpaired) electrons. The van der Waals surface area contributed by atoms with E-state index in [1.165, 1.54) is 7.11 Å². The zero-order valence-corrected chi connectivity index (χ0v) is 10.8. The van der Waals surface area contributed by atoms with Crippen LogP contribution in [0.4, 0.5) is 0 Å². The number of methoxy groups -OCH3 is 1. The minimum Gasteiger partial charge on any atom is -0.479 e. The standard InChI is InChI=1S/C11H8BrClN2O/c1-16-11-9(13)6-10(14-15-11)7-3-2-4-8(12)5-7/h2-6H,1H3. The van der Waals surface area contributed by atoms with Crippen molar-refractivity contribution >= 4 is 27.5 Å². The molecule has 0 saturated heterocycles. The van der Waals surface area contributed by atoms with Crippen molar-refractivity contribution in [2.45, 2.75) is 0 Å². The lowest BCUT2D eigenvalue weighted by Crippen LogP contribution is -1.93. The highest BCUT2D eigenvalue weighted by molar-refractivity contribution is 9.10. The Morgan fingerprint density at radius 3 is 2.69 bits per heavy atom. The lowest BCUT2D eigenvalue weighted by molar-refractivity contribution is 0.392. The second-order valence-corrected chi connectivity index (χ2v) is 4.42. The van der Waals surface area contributed by atoms with Gasteiger partial charge in [0.15, 0.2) is 0 Å². The first-order chi connectivity index (χ1) is 7.70. The zero-order chi connectivity index (χ0) is 11.5. The number of hydrogen-bond acceptors (Lipinski definition) is 3. The van der Waals surface area contributed by atoms with Crippen LogP contribution in [0.3, 0.4) is 0 Å². The molecule has 0 N–H and O–H groups in total. The van der Waals surface area contributed by atoms with Gasteiger partial charge >= 0.3 is 0 Å². The van der Waals surface area contributed by atoms with E-state index in [4.69, 9.17) is 16.3 Å². The molecule has 2 aromatic rings. The van der Waals surface area contributed by atoms with Crippen LogP contribution in [0.1, 0.15) is 0 Å². The summed E-state index contributed by atoms with van der Waals surface area (Å²) in [6.07, 6.45) is 0. The van der Waals surface area contributed by atoms with E-state index in [9.17, 15) is 0 Å². The topological polar surface area (TPSA) is 35.0 Å². The molecule has 0 spiro atoms. The summed E-state index contributed by atoms with van der Waals surface area (Å²) in [5.41, 5.74) is 1.67. The Bertz CT molecular complexity index is 519. The molecule has 1 aromatic heterocycles. The van der Waals surface area contributed by atoms with Crippen LogP contribution in [0.25, 0.3) is 11.3 Å². The number of nitrogens with zero attached hydrogens (tertiary/aromatic N) is 2. The van der Waals surface area contributed by atoms with E-state index in [2.05, 4.69) is 26.1 Å². The maximum Gasteiger partial charge on any atom is 0.252 e. The summed E-state index contributed by atoms with van der Waals surface area (Å²) in [5.74, 6) is 0.334. The monoisotopic (exact) mass is 298 g/mol. The number of halogens is 2. The van der Waals surface area contributed by atoms with E-state index in [1.807, 2.05) is 24.3 Å². The van der Waals surface area contributed by atoms with Gasteiger partial charge in [0, 0.05) is 10.0 Å². The van der Waals surface area contributed by atoms with Gasteiger partial charge in [-0.15, -0.1) is 10.2 Å². The fourth-order valence-corrected chi connectivity index (χ4v) is 1.90. The van der Waals surface area contributed by atoms with E-state index in [0.717, 1.165) is 10.0 Å². The third-order valence-electron chi connectivity index (χ3n) is 2.03. The average Bonchev–Trinajstić information content (AvgIpc) is 2.29. The van der Waals surface area contributed by atoms with Crippen LogP contribution in [0, 0.1) is 0 Å². The fourth-order valence-electron chi connectivity index (χ4n) is 1.28. The number of aromatic nitrogens is 2. The Hall–Kier alpha value is -1.13. The first-order valence-corrected chi connectivity index (χ1v) is 5.71. The summed E-state index contributed by atoms with van der Waals surface area (Å²) in [7, 11) is 1.51. The van der Waals surface area contributed by atoms with Crippen LogP contribution >= 0.6 is 27.5 Å². The van der Waals surface area contributed by atoms with E-state index in [0.29, 0.717) is 16.6 Å². The van der Waals surface area contributed by atoms with Gasteiger partial charge in [-0.1, -0.05) is 39.7 Å². The van der Waals surface area contributed by atoms with Gasteiger partial charge < -0.3 is 4.74 Å². The van der Waals surface area contributed by atoms with Gasteiger partial charge in [0.05, 0.1) is 12.8 Å². The molecule has 0 aliphatic rings. The SMILES string of the molecule is COc1nnc(-c2cccc(Br)c2)cc1Cl. The highest BCUT2D eigenvalue weighted by Crippen LogP contribution is 2.27. The lowest BCUT2D eigenvalue weighted by Gasteiger charge is -2.04. The third kappa shape index (κ3) is 2.33. The Morgan fingerprint density at radius 2 is 2.06 bits per heavy atom. The number of rotatable bonds is 2. The minimum absolute atomic E-state index is 0.334. The van der Waals surface area contributed by atoms with Crippen molar-refractivity contribution in [2.24, 2.45) is 0 Å². The molecule has 5 heteroatoms. The summed E-state index contributed by atoms with van der Waals surface area (Å²) >= 11 is 9.38. The predicted octanol–water partition coefficient (Wildman–Crippen LogP) is 3.57. The molecular weight excluding hydrogens is 291 g/mol. The van der Waals surface area contributed by atoms with Gasteiger partial charge in [-0.3, -0.25) is 0 Å². The van der Waals surface area contributed by atoms with E-state index >= 15 is 0 Å². The fraction of sp³-hybridized carbons (Fsp3) is 0.0909. The van der Waals surface area contributed by atoms with Crippen molar-refractivity contribution in [1.29, 1.82) is 0 Å². The minimum atomic E-state index is 0.334. The molecule has 0 unspecified atom stereocenters. The largest absolute Gasteiger partial charge is 0.479 e. The van der Waals surface area contributed by atoms with E-state index in [1.54, 1.807) is 6.07 Å². The van der Waals surface area contributed by atoms with Gasteiger partial charge in [0.25, 0.3) is 5.88 Å². The van der Waals surface area contributed by atoms with Gasteiger partial charge in [0.1, 0.15) is 5.02 Å². The maximum absolute atomic E-state index is 5.98. The van der Waals surface area contributed by atoms with Crippen molar-refractivity contribution in [3.63, 3.8) is 0 Å². The Balaban J connectivity index is 2.45. The second-order valence-electron chi connectivity index (χ2n) is 3.10. The summed E-state index contributed by atoms with van der Waals surface area (Å²) in [6, 6.07) is 9.50. The van der Waals surface area contributed by atoms with Crippen LogP contribution in [-0.4, -0.2) is 17.3 Å². The van der Waals surface area contributed by atoms with Crippen LogP contribution in [0.2, 0.25) is 5.02 Å². The molecule has 0 bridgehead atoms. The maximum atomic E-state index is 5.98. The Morgan fingerprint density at radius 1 is 1.25 bits per heavy atom. The molecular formula is C11H8BrClN2O. The van der Waals surface area contributed by atoms with Gasteiger partial charge in [-0.25, -0.2) is 0 Å². The molecule has 2 rings (SSSR count). The second kappa shape index (κ2) is 4.80. The van der Waals surface area contributed by atoms with Crippen molar-refractivity contribution in [3.8, 4) is 17.1 Å². The molecule has 0 aliphatic heterocycles. The first-order valence-electron chi connectivity index (χ1n) is 4.54. The summed E-state index contributed by atoms with van der Waals surface area (Å²) in [5, 5.41) is 8.38. The van der Waals surface area contributed by atoms with Crippen LogP contribution < -0.4 is 4.74 Å². The van der Waals surface area contributed by atoms with Crippen LogP contribution in [0.15, 0.2) is 34.8 Å². The molecule has 0 atom stereocenters. The Labute approximate surface area is 107 Å². The summed E-state index contributed by atoms with van der Waals surface area (Å²) in [4.78, 5) is 0. The zero-order valence-electron chi connectivity index (χ0n) is 8.45. The van der Waals surface area contributed by atoms with Crippen LogP contribution in [0.5, 0.6) is 5.88 Å². The van der Waals surface area contributed by atoms with Crippen molar-refractivity contribution in [2.75, 3.05) is 7.11 Å². The van der Waals surface area contributed by atoms with Crippen molar-refractivity contribution < 1.29 is 4.74 Å². The molecule has 1 heterocycles. The molecule has 0 fully saturated rings. The van der Waals surface area contributed by atoms with Gasteiger partial charge in [-0.05, 0) is 18.2 Å². The smallest absolute Gasteiger partial charge is 0.252 e. The first kappa shape index (κ1) is 11.4. The third-order valence-corrected chi connectivity index (χ3v) is 2.79. The molecule has 0 amide bonds. The molecule has 16 heavy (non-hydrogen) atoms. The normalized spacial score (nSPS) is 10.2. The van der Waals surface area contributed by atoms with Crippen LogP contribution in [-0.2, 0) is 0 Å². The van der Waals surface area contributed by atoms with E-state index in [-0.39, 0.29) is 0 Å². The van der Waals surface area contributed by atoms with Crippen molar-refractivity contribution in [1.82, 2.24) is 10.2 Å². The quantitative estimate of drug-likeness (QED) is 0.850. The van der Waals surface area contributed by atoms with Crippen molar-refractivity contribution in [3.05, 3.63) is 39.8 Å². The summed E-state index contributed by atoms with van der Waals surface area (Å²) < 4.78 is 5.93. The molecule has 82 valence electrons.